The third-order valence-corrected chi connectivity index (χ3v) is 10.1. The van der Waals surface area contributed by atoms with Crippen LogP contribution < -0.4 is 5.32 Å². The van der Waals surface area contributed by atoms with Gasteiger partial charge in [0.05, 0.1) is 23.7 Å². The number of ether oxygens (including phenoxy) is 1. The highest BCUT2D eigenvalue weighted by Crippen LogP contribution is 2.64. The first-order valence-corrected chi connectivity index (χ1v) is 12.8. The minimum atomic E-state index is -3.76. The van der Waals surface area contributed by atoms with E-state index in [4.69, 9.17) is 27.9 Å². The van der Waals surface area contributed by atoms with E-state index in [1.54, 1.807) is 6.07 Å². The first-order valence-electron chi connectivity index (χ1n) is 10.6. The van der Waals surface area contributed by atoms with Gasteiger partial charge in [0.1, 0.15) is 4.90 Å². The van der Waals surface area contributed by atoms with Crippen molar-refractivity contribution in [3.8, 4) is 0 Å². The Morgan fingerprint density at radius 2 is 1.80 bits per heavy atom. The standard InChI is InChI=1S/C21H26Cl2N2O4S/c22-17-2-1-16(8-18(17)30(27,28)25-3-5-29-6-4-25)24-19(26)20-9-14-7-15(10-20)12-21(23,11-14)13-20/h1-2,8,14-15H,3-7,9-13H2,(H,24,26). The number of alkyl halides is 1. The molecule has 6 nitrogen and oxygen atoms in total. The van der Waals surface area contributed by atoms with E-state index in [1.165, 1.54) is 22.9 Å². The number of benzene rings is 1. The predicted octanol–water partition coefficient (Wildman–Crippen LogP) is 3.88. The van der Waals surface area contributed by atoms with E-state index in [9.17, 15) is 13.2 Å². The van der Waals surface area contributed by atoms with Crippen LogP contribution in [0.4, 0.5) is 5.69 Å². The van der Waals surface area contributed by atoms with E-state index in [2.05, 4.69) is 5.32 Å². The summed E-state index contributed by atoms with van der Waals surface area (Å²) in [5, 5.41) is 3.14. The van der Waals surface area contributed by atoms with Gasteiger partial charge in [-0.3, -0.25) is 4.79 Å². The normalized spacial score (nSPS) is 36.1. The maximum Gasteiger partial charge on any atom is 0.244 e. The van der Waals surface area contributed by atoms with E-state index < -0.39 is 15.4 Å². The Labute approximate surface area is 187 Å². The zero-order valence-corrected chi connectivity index (χ0v) is 19.0. The number of nitrogens with zero attached hydrogens (tertiary/aromatic N) is 1. The summed E-state index contributed by atoms with van der Waals surface area (Å²) >= 11 is 13.1. The van der Waals surface area contributed by atoms with Gasteiger partial charge >= 0.3 is 0 Å². The van der Waals surface area contributed by atoms with Crippen molar-refractivity contribution >= 4 is 44.8 Å². The van der Waals surface area contributed by atoms with Crippen LogP contribution in [0, 0.1) is 17.3 Å². The van der Waals surface area contributed by atoms with Gasteiger partial charge in [0, 0.05) is 23.7 Å². The lowest BCUT2D eigenvalue weighted by Gasteiger charge is -2.59. The molecule has 4 aliphatic carbocycles. The van der Waals surface area contributed by atoms with Crippen LogP contribution in [0.15, 0.2) is 23.1 Å². The van der Waals surface area contributed by atoms with E-state index in [0.29, 0.717) is 50.2 Å². The summed E-state index contributed by atoms with van der Waals surface area (Å²) in [6.45, 7) is 1.30. The summed E-state index contributed by atoms with van der Waals surface area (Å²) in [7, 11) is -3.76. The molecule has 164 valence electrons. The molecular weight excluding hydrogens is 447 g/mol. The van der Waals surface area contributed by atoms with E-state index >= 15 is 0 Å². The van der Waals surface area contributed by atoms with Gasteiger partial charge in [-0.2, -0.15) is 4.31 Å². The Kier molecular flexibility index (Phi) is 5.14. The molecular formula is C21H26Cl2N2O4S. The molecule has 5 aliphatic rings. The molecule has 2 unspecified atom stereocenters. The Morgan fingerprint density at radius 3 is 2.43 bits per heavy atom. The SMILES string of the molecule is O=C(Nc1ccc(Cl)c(S(=O)(=O)N2CCOCC2)c1)C12CC3CC(CC(Cl)(C3)C1)C2. The quantitative estimate of drug-likeness (QED) is 0.674. The number of hydrogen-bond donors (Lipinski definition) is 1. The second-order valence-electron chi connectivity index (χ2n) is 9.51. The number of hydrogen-bond acceptors (Lipinski definition) is 4. The molecule has 1 aromatic rings. The predicted molar refractivity (Wildman–Crippen MR) is 115 cm³/mol. The van der Waals surface area contributed by atoms with Gasteiger partial charge < -0.3 is 10.1 Å². The fourth-order valence-electron chi connectivity index (χ4n) is 6.38. The molecule has 6 rings (SSSR count). The minimum Gasteiger partial charge on any atom is -0.379 e. The zero-order valence-electron chi connectivity index (χ0n) is 16.7. The topological polar surface area (TPSA) is 75.7 Å². The minimum absolute atomic E-state index is 0.0168. The molecule has 30 heavy (non-hydrogen) atoms. The van der Waals surface area contributed by atoms with Gasteiger partial charge in [-0.15, -0.1) is 11.6 Å². The van der Waals surface area contributed by atoms with Gasteiger partial charge in [0.2, 0.25) is 15.9 Å². The third kappa shape index (κ3) is 3.56. The lowest BCUT2D eigenvalue weighted by atomic mass is 9.49. The Hall–Kier alpha value is -0.860. The van der Waals surface area contributed by atoms with Crippen molar-refractivity contribution in [2.75, 3.05) is 31.6 Å². The molecule has 9 heteroatoms. The number of carbonyl (C=O) groups is 1. The van der Waals surface area contributed by atoms with Crippen molar-refractivity contribution in [2.45, 2.75) is 48.3 Å². The van der Waals surface area contributed by atoms with Crippen LogP contribution in [-0.4, -0.2) is 49.8 Å². The van der Waals surface area contributed by atoms with Gasteiger partial charge in [-0.05, 0) is 68.6 Å². The molecule has 2 atom stereocenters. The number of anilines is 1. The highest BCUT2D eigenvalue weighted by Gasteiger charge is 2.60. The molecule has 1 aromatic carbocycles. The van der Waals surface area contributed by atoms with Gasteiger partial charge in [0.15, 0.2) is 0 Å². The molecule has 0 aromatic heterocycles. The van der Waals surface area contributed by atoms with Crippen molar-refractivity contribution < 1.29 is 17.9 Å². The average molecular weight is 473 g/mol. The van der Waals surface area contributed by atoms with Crippen molar-refractivity contribution in [1.29, 1.82) is 0 Å². The summed E-state index contributed by atoms with van der Waals surface area (Å²) in [5.74, 6) is 0.979. The van der Waals surface area contributed by atoms with Crippen molar-refractivity contribution in [2.24, 2.45) is 17.3 Å². The number of halogens is 2. The van der Waals surface area contributed by atoms with Crippen LogP contribution in [0.1, 0.15) is 38.5 Å². The first-order chi connectivity index (χ1) is 14.2. The summed E-state index contributed by atoms with van der Waals surface area (Å²) in [5.41, 5.74) is 0.00458. The summed E-state index contributed by atoms with van der Waals surface area (Å²) in [6, 6.07) is 4.67. The molecule has 5 fully saturated rings. The molecule has 1 N–H and O–H groups in total. The van der Waals surface area contributed by atoms with Crippen LogP contribution in [0.3, 0.4) is 0 Å². The van der Waals surface area contributed by atoms with Gasteiger partial charge in [-0.25, -0.2) is 8.42 Å². The highest BCUT2D eigenvalue weighted by atomic mass is 35.5. The number of rotatable bonds is 4. The number of nitrogens with one attached hydrogen (secondary N) is 1. The van der Waals surface area contributed by atoms with Crippen molar-refractivity contribution in [1.82, 2.24) is 4.31 Å². The van der Waals surface area contributed by atoms with Crippen LogP contribution in [-0.2, 0) is 19.6 Å². The van der Waals surface area contributed by atoms with Gasteiger partial charge in [-0.1, -0.05) is 11.6 Å². The van der Waals surface area contributed by atoms with E-state index in [0.717, 1.165) is 25.7 Å². The third-order valence-electron chi connectivity index (χ3n) is 7.25. The molecule has 0 spiro atoms. The zero-order chi connectivity index (χ0) is 21.1. The van der Waals surface area contributed by atoms with Crippen molar-refractivity contribution in [3.05, 3.63) is 23.2 Å². The largest absolute Gasteiger partial charge is 0.379 e. The highest BCUT2D eigenvalue weighted by molar-refractivity contribution is 7.89. The smallest absolute Gasteiger partial charge is 0.244 e. The number of morpholine rings is 1. The Morgan fingerprint density at radius 1 is 1.13 bits per heavy atom. The molecule has 0 radical (unpaired) electrons. The molecule has 4 bridgehead atoms. The van der Waals surface area contributed by atoms with Crippen LogP contribution in [0.5, 0.6) is 0 Å². The van der Waals surface area contributed by atoms with Crippen molar-refractivity contribution in [3.63, 3.8) is 0 Å². The summed E-state index contributed by atoms with van der Waals surface area (Å²) in [4.78, 5) is 13.1. The maximum absolute atomic E-state index is 13.4. The first kappa shape index (κ1) is 21.0. The fraction of sp³-hybridized carbons (Fsp3) is 0.667. The second kappa shape index (κ2) is 7.34. The van der Waals surface area contributed by atoms with E-state index in [1.807, 2.05) is 0 Å². The lowest BCUT2D eigenvalue weighted by Crippen LogP contribution is -2.57. The van der Waals surface area contributed by atoms with Crippen LogP contribution >= 0.6 is 23.2 Å². The summed E-state index contributed by atoms with van der Waals surface area (Å²) < 4.78 is 32.8. The molecule has 1 amide bonds. The average Bonchev–Trinajstić information content (AvgIpc) is 2.68. The second-order valence-corrected chi connectivity index (χ2v) is 12.6. The summed E-state index contributed by atoms with van der Waals surface area (Å²) in [6.07, 6.45) is 5.62. The number of amides is 1. The van der Waals surface area contributed by atoms with Crippen LogP contribution in [0.2, 0.25) is 5.02 Å². The molecule has 1 saturated heterocycles. The number of sulfonamides is 1. The fourth-order valence-corrected chi connectivity index (χ4v) is 8.99. The molecule has 1 aliphatic heterocycles. The molecule has 1 heterocycles. The van der Waals surface area contributed by atoms with Crippen LogP contribution in [0.25, 0.3) is 0 Å². The Bertz CT molecular complexity index is 963. The monoisotopic (exact) mass is 472 g/mol. The van der Waals surface area contributed by atoms with E-state index in [-0.39, 0.29) is 20.7 Å². The number of carbonyl (C=O) groups excluding carboxylic acids is 1. The Balaban J connectivity index is 1.39. The lowest BCUT2D eigenvalue weighted by molar-refractivity contribution is -0.138. The van der Waals surface area contributed by atoms with Gasteiger partial charge in [0.25, 0.3) is 0 Å². The molecule has 4 saturated carbocycles. The maximum atomic E-state index is 13.4.